The molecule has 2 rings (SSSR count). The van der Waals surface area contributed by atoms with E-state index in [0.29, 0.717) is 18.1 Å². The lowest BCUT2D eigenvalue weighted by molar-refractivity contribution is -0.140. The SMILES string of the molecule is COC1CCCN(C(=O)NCCc2nc(C(F)(F)F)cs2)C1. The van der Waals surface area contributed by atoms with Gasteiger partial charge in [0.05, 0.1) is 11.1 Å². The van der Waals surface area contributed by atoms with Gasteiger partial charge < -0.3 is 15.0 Å². The molecule has 0 saturated carbocycles. The molecule has 0 aliphatic carbocycles. The molecule has 1 aliphatic heterocycles. The maximum atomic E-state index is 12.4. The molecule has 1 aliphatic rings. The van der Waals surface area contributed by atoms with Gasteiger partial charge in [-0.3, -0.25) is 0 Å². The van der Waals surface area contributed by atoms with Crippen molar-refractivity contribution in [3.63, 3.8) is 0 Å². The number of ether oxygens (including phenoxy) is 1. The minimum atomic E-state index is -4.42. The molecule has 9 heteroatoms. The van der Waals surface area contributed by atoms with Crippen LogP contribution in [0.25, 0.3) is 0 Å². The molecule has 1 aromatic rings. The molecular formula is C13H18F3N3O2S. The molecule has 0 bridgehead atoms. The van der Waals surface area contributed by atoms with Gasteiger partial charge in [-0.15, -0.1) is 11.3 Å². The molecule has 1 unspecified atom stereocenters. The van der Waals surface area contributed by atoms with E-state index in [4.69, 9.17) is 4.74 Å². The Morgan fingerprint density at radius 1 is 1.59 bits per heavy atom. The van der Waals surface area contributed by atoms with Crippen LogP contribution in [0.5, 0.6) is 0 Å². The quantitative estimate of drug-likeness (QED) is 0.919. The Morgan fingerprint density at radius 2 is 2.36 bits per heavy atom. The van der Waals surface area contributed by atoms with Crippen molar-refractivity contribution in [2.75, 3.05) is 26.7 Å². The van der Waals surface area contributed by atoms with Gasteiger partial charge in [-0.1, -0.05) is 0 Å². The van der Waals surface area contributed by atoms with Gasteiger partial charge in [0.2, 0.25) is 0 Å². The average Bonchev–Trinajstić information content (AvgIpc) is 2.96. The van der Waals surface area contributed by atoms with Crippen molar-refractivity contribution in [2.24, 2.45) is 0 Å². The number of rotatable bonds is 4. The molecule has 1 fully saturated rings. The van der Waals surface area contributed by atoms with Crippen LogP contribution in [0.1, 0.15) is 23.5 Å². The molecule has 2 heterocycles. The van der Waals surface area contributed by atoms with Crippen molar-refractivity contribution in [1.29, 1.82) is 0 Å². The Morgan fingerprint density at radius 3 is 3.00 bits per heavy atom. The van der Waals surface area contributed by atoms with Gasteiger partial charge in [0.1, 0.15) is 0 Å². The lowest BCUT2D eigenvalue weighted by atomic mass is 10.1. The molecule has 1 N–H and O–H groups in total. The fraction of sp³-hybridized carbons (Fsp3) is 0.692. The number of hydrogen-bond donors (Lipinski definition) is 1. The highest BCUT2D eigenvalue weighted by molar-refractivity contribution is 7.09. The van der Waals surface area contributed by atoms with Crippen molar-refractivity contribution in [2.45, 2.75) is 31.5 Å². The number of methoxy groups -OCH3 is 1. The van der Waals surface area contributed by atoms with E-state index in [9.17, 15) is 18.0 Å². The molecule has 2 amide bonds. The van der Waals surface area contributed by atoms with E-state index in [1.165, 1.54) is 0 Å². The number of nitrogens with one attached hydrogen (secondary N) is 1. The summed E-state index contributed by atoms with van der Waals surface area (Å²) in [5, 5.41) is 4.06. The van der Waals surface area contributed by atoms with E-state index in [0.717, 1.165) is 29.6 Å². The number of nitrogens with zero attached hydrogens (tertiary/aromatic N) is 2. The Labute approximate surface area is 130 Å². The van der Waals surface area contributed by atoms with Gasteiger partial charge in [-0.25, -0.2) is 9.78 Å². The zero-order valence-corrected chi connectivity index (χ0v) is 13.0. The van der Waals surface area contributed by atoms with Gasteiger partial charge in [-0.2, -0.15) is 13.2 Å². The van der Waals surface area contributed by atoms with Crippen LogP contribution in [0, 0.1) is 0 Å². The van der Waals surface area contributed by atoms with Crippen LogP contribution in [-0.4, -0.2) is 48.8 Å². The summed E-state index contributed by atoms with van der Waals surface area (Å²) in [6.07, 6.45) is -2.27. The first kappa shape index (κ1) is 17.0. The zero-order chi connectivity index (χ0) is 16.2. The minimum Gasteiger partial charge on any atom is -0.380 e. The maximum Gasteiger partial charge on any atom is 0.434 e. The minimum absolute atomic E-state index is 0.0489. The third kappa shape index (κ3) is 4.57. The van der Waals surface area contributed by atoms with Crippen LogP contribution in [0.4, 0.5) is 18.0 Å². The van der Waals surface area contributed by atoms with E-state index in [1.54, 1.807) is 12.0 Å². The Bertz CT molecular complexity index is 507. The van der Waals surface area contributed by atoms with E-state index in [1.807, 2.05) is 0 Å². The van der Waals surface area contributed by atoms with Crippen LogP contribution >= 0.6 is 11.3 Å². The largest absolute Gasteiger partial charge is 0.434 e. The van der Waals surface area contributed by atoms with Crippen LogP contribution < -0.4 is 5.32 Å². The number of urea groups is 1. The predicted octanol–water partition coefficient (Wildman–Crippen LogP) is 2.52. The molecule has 22 heavy (non-hydrogen) atoms. The van der Waals surface area contributed by atoms with Gasteiger partial charge >= 0.3 is 12.2 Å². The highest BCUT2D eigenvalue weighted by Gasteiger charge is 2.33. The lowest BCUT2D eigenvalue weighted by Gasteiger charge is -2.31. The Hall–Kier alpha value is -1.35. The second-order valence-electron chi connectivity index (χ2n) is 5.05. The van der Waals surface area contributed by atoms with Crippen LogP contribution in [0.2, 0.25) is 0 Å². The molecule has 0 aromatic carbocycles. The number of carbonyl (C=O) groups is 1. The van der Waals surface area contributed by atoms with Gasteiger partial charge in [-0.05, 0) is 12.8 Å². The molecule has 0 radical (unpaired) electrons. The molecular weight excluding hydrogens is 319 g/mol. The maximum absolute atomic E-state index is 12.4. The topological polar surface area (TPSA) is 54.5 Å². The number of carbonyl (C=O) groups excluding carboxylic acids is 1. The number of aromatic nitrogens is 1. The van der Waals surface area contributed by atoms with Crippen molar-refractivity contribution in [3.8, 4) is 0 Å². The zero-order valence-electron chi connectivity index (χ0n) is 12.2. The average molecular weight is 337 g/mol. The van der Waals surface area contributed by atoms with Crippen LogP contribution in [0.15, 0.2) is 5.38 Å². The van der Waals surface area contributed by atoms with E-state index in [2.05, 4.69) is 10.3 Å². The van der Waals surface area contributed by atoms with E-state index >= 15 is 0 Å². The predicted molar refractivity (Wildman–Crippen MR) is 75.8 cm³/mol. The Kier molecular flexibility index (Phi) is 5.63. The summed E-state index contributed by atoms with van der Waals surface area (Å²) in [5.74, 6) is 0. The number of alkyl halides is 3. The molecule has 0 spiro atoms. The number of halogens is 3. The van der Waals surface area contributed by atoms with Gasteiger partial charge in [0, 0.05) is 38.5 Å². The molecule has 1 aromatic heterocycles. The van der Waals surface area contributed by atoms with Crippen molar-refractivity contribution >= 4 is 17.4 Å². The number of amides is 2. The second kappa shape index (κ2) is 7.28. The van der Waals surface area contributed by atoms with Crippen molar-refractivity contribution < 1.29 is 22.7 Å². The summed E-state index contributed by atoms with van der Waals surface area (Å²) >= 11 is 0.952. The monoisotopic (exact) mass is 337 g/mol. The summed E-state index contributed by atoms with van der Waals surface area (Å²) in [7, 11) is 1.62. The summed E-state index contributed by atoms with van der Waals surface area (Å²) in [6, 6.07) is -0.214. The van der Waals surface area contributed by atoms with Gasteiger partial charge in [0.15, 0.2) is 5.69 Å². The highest BCUT2D eigenvalue weighted by atomic mass is 32.1. The molecule has 5 nitrogen and oxygen atoms in total. The number of likely N-dealkylation sites (tertiary alicyclic amines) is 1. The number of hydrogen-bond acceptors (Lipinski definition) is 4. The third-order valence-corrected chi connectivity index (χ3v) is 4.36. The second-order valence-corrected chi connectivity index (χ2v) is 5.99. The highest BCUT2D eigenvalue weighted by Crippen LogP contribution is 2.30. The van der Waals surface area contributed by atoms with Crippen molar-refractivity contribution in [1.82, 2.24) is 15.2 Å². The van der Waals surface area contributed by atoms with E-state index < -0.39 is 11.9 Å². The number of thiazole rings is 1. The molecule has 1 atom stereocenters. The first-order chi connectivity index (χ1) is 10.4. The first-order valence-corrected chi connectivity index (χ1v) is 7.85. The number of piperidine rings is 1. The standard InChI is InChI=1S/C13H18F3N3O2S/c1-21-9-3-2-6-19(7-9)12(20)17-5-4-11-18-10(8-22-11)13(14,15)16/h8-9H,2-7H2,1H3,(H,17,20). The summed E-state index contributed by atoms with van der Waals surface area (Å²) in [4.78, 5) is 17.2. The summed E-state index contributed by atoms with van der Waals surface area (Å²) in [6.45, 7) is 1.47. The Balaban J connectivity index is 1.76. The first-order valence-electron chi connectivity index (χ1n) is 6.97. The summed E-state index contributed by atoms with van der Waals surface area (Å²) < 4.78 is 42.5. The smallest absolute Gasteiger partial charge is 0.380 e. The molecule has 1 saturated heterocycles. The summed E-state index contributed by atoms with van der Waals surface area (Å²) in [5.41, 5.74) is -0.877. The van der Waals surface area contributed by atoms with Gasteiger partial charge in [0.25, 0.3) is 0 Å². The van der Waals surface area contributed by atoms with Crippen LogP contribution in [0.3, 0.4) is 0 Å². The lowest BCUT2D eigenvalue weighted by Crippen LogP contribution is -2.47. The fourth-order valence-electron chi connectivity index (χ4n) is 2.26. The van der Waals surface area contributed by atoms with Crippen LogP contribution in [-0.2, 0) is 17.3 Å². The van der Waals surface area contributed by atoms with E-state index in [-0.39, 0.29) is 25.1 Å². The van der Waals surface area contributed by atoms with Crippen molar-refractivity contribution in [3.05, 3.63) is 16.1 Å². The molecule has 124 valence electrons. The fourth-order valence-corrected chi connectivity index (χ4v) is 3.06. The normalized spacial score (nSPS) is 19.3. The third-order valence-electron chi connectivity index (χ3n) is 3.46.